The van der Waals surface area contributed by atoms with Gasteiger partial charge in [-0.2, -0.15) is 0 Å². The number of aryl methyl sites for hydroxylation is 1. The zero-order valence-corrected chi connectivity index (χ0v) is 13.4. The van der Waals surface area contributed by atoms with Gasteiger partial charge in [-0.15, -0.1) is 0 Å². The molecule has 1 N–H and O–H groups in total. The third kappa shape index (κ3) is 3.06. The van der Waals surface area contributed by atoms with E-state index in [2.05, 4.69) is 26.3 Å². The molecule has 0 aliphatic carbocycles. The van der Waals surface area contributed by atoms with Crippen molar-refractivity contribution in [1.82, 2.24) is 15.0 Å². The molecule has 3 aromatic rings. The molecule has 0 unspecified atom stereocenters. The zero-order chi connectivity index (χ0) is 16.4. The van der Waals surface area contributed by atoms with Crippen molar-refractivity contribution in [2.24, 2.45) is 0 Å². The average Bonchev–Trinajstić information content (AvgIpc) is 3.03. The predicted octanol–water partition coefficient (Wildman–Crippen LogP) is 3.26. The quantitative estimate of drug-likeness (QED) is 0.800. The van der Waals surface area contributed by atoms with E-state index in [1.807, 2.05) is 43.3 Å². The van der Waals surface area contributed by atoms with E-state index in [1.165, 1.54) is 5.56 Å². The summed E-state index contributed by atoms with van der Waals surface area (Å²) in [5, 5.41) is 3.38. The Labute approximate surface area is 140 Å². The van der Waals surface area contributed by atoms with Crippen LogP contribution in [0.25, 0.3) is 11.4 Å². The third-order valence-corrected chi connectivity index (χ3v) is 4.02. The van der Waals surface area contributed by atoms with Crippen LogP contribution in [0.5, 0.6) is 5.75 Å². The summed E-state index contributed by atoms with van der Waals surface area (Å²) in [5.41, 5.74) is 3.15. The molecule has 5 nitrogen and oxygen atoms in total. The molecule has 24 heavy (non-hydrogen) atoms. The lowest BCUT2D eigenvalue weighted by Crippen LogP contribution is -2.24. The highest BCUT2D eigenvalue weighted by Crippen LogP contribution is 2.28. The fraction of sp³-hybridized carbons (Fsp3) is 0.211. The van der Waals surface area contributed by atoms with Crippen molar-refractivity contribution in [3.05, 3.63) is 66.1 Å². The maximum atomic E-state index is 5.96. The molecule has 0 fully saturated rings. The number of aromatic nitrogens is 3. The molecule has 1 aliphatic heterocycles. The number of ether oxygens (including phenoxy) is 1. The van der Waals surface area contributed by atoms with Gasteiger partial charge in [-0.3, -0.25) is 4.98 Å². The Morgan fingerprint density at radius 2 is 1.96 bits per heavy atom. The third-order valence-electron chi connectivity index (χ3n) is 4.02. The van der Waals surface area contributed by atoms with Gasteiger partial charge in [0.2, 0.25) is 0 Å². The number of rotatable bonds is 4. The molecule has 120 valence electrons. The Morgan fingerprint density at radius 1 is 1.12 bits per heavy atom. The summed E-state index contributed by atoms with van der Waals surface area (Å²) in [6, 6.07) is 14.0. The van der Waals surface area contributed by atoms with E-state index in [9.17, 15) is 0 Å². The topological polar surface area (TPSA) is 59.9 Å². The summed E-state index contributed by atoms with van der Waals surface area (Å²) in [7, 11) is 0. The molecular weight excluding hydrogens is 300 g/mol. The van der Waals surface area contributed by atoms with Gasteiger partial charge in [0.1, 0.15) is 17.7 Å². The van der Waals surface area contributed by atoms with Crippen LogP contribution in [-0.2, 0) is 6.42 Å². The second-order valence-corrected chi connectivity index (χ2v) is 5.89. The lowest BCUT2D eigenvalue weighted by Gasteiger charge is -2.13. The van der Waals surface area contributed by atoms with Crippen molar-refractivity contribution in [1.29, 1.82) is 0 Å². The minimum Gasteiger partial charge on any atom is -0.488 e. The maximum absolute atomic E-state index is 5.96. The molecule has 1 aliphatic rings. The average molecular weight is 318 g/mol. The smallest absolute Gasteiger partial charge is 0.161 e. The van der Waals surface area contributed by atoms with Gasteiger partial charge in [0.05, 0.1) is 6.54 Å². The SMILES string of the molecule is Cc1cc(NC[C@@H]2Cc3ccccc3O2)nc(-c2ccncc2)n1. The molecule has 0 spiro atoms. The van der Waals surface area contributed by atoms with Gasteiger partial charge in [-0.1, -0.05) is 18.2 Å². The van der Waals surface area contributed by atoms with E-state index in [1.54, 1.807) is 12.4 Å². The van der Waals surface area contributed by atoms with Crippen LogP contribution in [-0.4, -0.2) is 27.6 Å². The first-order valence-corrected chi connectivity index (χ1v) is 8.02. The van der Waals surface area contributed by atoms with Crippen LogP contribution < -0.4 is 10.1 Å². The van der Waals surface area contributed by atoms with Crippen molar-refractivity contribution < 1.29 is 4.74 Å². The van der Waals surface area contributed by atoms with E-state index in [4.69, 9.17) is 4.74 Å². The number of pyridine rings is 1. The predicted molar refractivity (Wildman–Crippen MR) is 93.1 cm³/mol. The van der Waals surface area contributed by atoms with Crippen LogP contribution in [0.2, 0.25) is 0 Å². The number of fused-ring (bicyclic) bond motifs is 1. The number of benzene rings is 1. The summed E-state index contributed by atoms with van der Waals surface area (Å²) in [5.74, 6) is 2.50. The largest absolute Gasteiger partial charge is 0.488 e. The van der Waals surface area contributed by atoms with Crippen LogP contribution in [0.4, 0.5) is 5.82 Å². The molecule has 0 saturated carbocycles. The number of anilines is 1. The Bertz CT molecular complexity index is 826. The standard InChI is InChI=1S/C19H18N4O/c1-13-10-18(23-19(22-13)14-6-8-20-9-7-14)21-12-16-11-15-4-2-3-5-17(15)24-16/h2-10,16H,11-12H2,1H3,(H,21,22,23)/t16-/m0/s1. The van der Waals surface area contributed by atoms with Gasteiger partial charge in [0.25, 0.3) is 0 Å². The molecule has 0 bridgehead atoms. The highest BCUT2D eigenvalue weighted by atomic mass is 16.5. The van der Waals surface area contributed by atoms with E-state index in [-0.39, 0.29) is 6.10 Å². The van der Waals surface area contributed by atoms with E-state index in [0.29, 0.717) is 12.4 Å². The van der Waals surface area contributed by atoms with Crippen molar-refractivity contribution in [3.8, 4) is 17.1 Å². The van der Waals surface area contributed by atoms with Gasteiger partial charge < -0.3 is 10.1 Å². The lowest BCUT2D eigenvalue weighted by atomic mass is 10.1. The summed E-state index contributed by atoms with van der Waals surface area (Å²) in [6.07, 6.45) is 4.54. The first kappa shape index (κ1) is 14.6. The van der Waals surface area contributed by atoms with E-state index >= 15 is 0 Å². The van der Waals surface area contributed by atoms with Gasteiger partial charge >= 0.3 is 0 Å². The van der Waals surface area contributed by atoms with Gasteiger partial charge in [-0.05, 0) is 30.7 Å². The molecule has 1 atom stereocenters. The fourth-order valence-corrected chi connectivity index (χ4v) is 2.88. The van der Waals surface area contributed by atoms with Crippen LogP contribution in [0.15, 0.2) is 54.9 Å². The van der Waals surface area contributed by atoms with Gasteiger partial charge in [0.15, 0.2) is 5.82 Å². The molecule has 0 radical (unpaired) electrons. The normalized spacial score (nSPS) is 15.6. The Morgan fingerprint density at radius 3 is 2.79 bits per heavy atom. The molecule has 2 aromatic heterocycles. The fourth-order valence-electron chi connectivity index (χ4n) is 2.88. The highest BCUT2D eigenvalue weighted by Gasteiger charge is 2.22. The first-order valence-electron chi connectivity index (χ1n) is 8.02. The molecule has 0 saturated heterocycles. The number of para-hydroxylation sites is 1. The van der Waals surface area contributed by atoms with Crippen molar-refractivity contribution in [2.45, 2.75) is 19.4 Å². The minimum absolute atomic E-state index is 0.127. The summed E-state index contributed by atoms with van der Waals surface area (Å²) < 4.78 is 5.96. The lowest BCUT2D eigenvalue weighted by molar-refractivity contribution is 0.246. The van der Waals surface area contributed by atoms with Crippen molar-refractivity contribution >= 4 is 5.82 Å². The molecule has 3 heterocycles. The molecule has 1 aromatic carbocycles. The van der Waals surface area contributed by atoms with Gasteiger partial charge in [0, 0.05) is 36.1 Å². The molecule has 5 heteroatoms. The van der Waals surface area contributed by atoms with Crippen molar-refractivity contribution in [3.63, 3.8) is 0 Å². The number of hydrogen-bond donors (Lipinski definition) is 1. The summed E-state index contributed by atoms with van der Waals surface area (Å²) in [4.78, 5) is 13.2. The Balaban J connectivity index is 1.47. The first-order chi connectivity index (χ1) is 11.8. The number of nitrogens with one attached hydrogen (secondary N) is 1. The minimum atomic E-state index is 0.127. The number of nitrogens with zero attached hydrogens (tertiary/aromatic N) is 3. The van der Waals surface area contributed by atoms with Crippen LogP contribution >= 0.6 is 0 Å². The van der Waals surface area contributed by atoms with Crippen LogP contribution in [0.3, 0.4) is 0 Å². The monoisotopic (exact) mass is 318 g/mol. The summed E-state index contributed by atoms with van der Waals surface area (Å²) in [6.45, 7) is 2.68. The van der Waals surface area contributed by atoms with Gasteiger partial charge in [-0.25, -0.2) is 9.97 Å². The Kier molecular flexibility index (Phi) is 3.83. The number of hydrogen-bond acceptors (Lipinski definition) is 5. The van der Waals surface area contributed by atoms with E-state index in [0.717, 1.165) is 29.2 Å². The second-order valence-electron chi connectivity index (χ2n) is 5.89. The zero-order valence-electron chi connectivity index (χ0n) is 13.4. The van der Waals surface area contributed by atoms with Crippen molar-refractivity contribution in [2.75, 3.05) is 11.9 Å². The second kappa shape index (κ2) is 6.28. The van der Waals surface area contributed by atoms with Crippen LogP contribution in [0, 0.1) is 6.92 Å². The summed E-state index contributed by atoms with van der Waals surface area (Å²) >= 11 is 0. The van der Waals surface area contributed by atoms with E-state index < -0.39 is 0 Å². The molecular formula is C19H18N4O. The molecule has 0 amide bonds. The Hall–Kier alpha value is -2.95. The molecule has 4 rings (SSSR count). The van der Waals surface area contributed by atoms with Crippen LogP contribution in [0.1, 0.15) is 11.3 Å². The maximum Gasteiger partial charge on any atom is 0.161 e. The highest BCUT2D eigenvalue weighted by molar-refractivity contribution is 5.56.